The number of nitrogens with zero attached hydrogens (tertiary/aromatic N) is 1. The lowest BCUT2D eigenvalue weighted by Gasteiger charge is -2.22. The number of rotatable bonds is 1. The molecular weight excluding hydrogens is 236 g/mol. The second kappa shape index (κ2) is 3.79. The van der Waals surface area contributed by atoms with Crippen LogP contribution < -0.4 is 10.2 Å². The Hall–Kier alpha value is -2.42. The van der Waals surface area contributed by atoms with Crippen LogP contribution in [0.15, 0.2) is 59.3 Å². The molecule has 1 N–H and O–H groups in total. The van der Waals surface area contributed by atoms with Crippen molar-refractivity contribution in [2.45, 2.75) is 13.1 Å². The maximum absolute atomic E-state index is 6.04. The van der Waals surface area contributed by atoms with E-state index in [1.165, 1.54) is 10.8 Å². The molecule has 0 fully saturated rings. The average molecular weight is 250 g/mol. The van der Waals surface area contributed by atoms with Gasteiger partial charge in [-0.05, 0) is 19.1 Å². The van der Waals surface area contributed by atoms with Gasteiger partial charge in [0.2, 0.25) is 0 Å². The molecule has 1 aromatic heterocycles. The van der Waals surface area contributed by atoms with Gasteiger partial charge in [0, 0.05) is 23.2 Å². The summed E-state index contributed by atoms with van der Waals surface area (Å²) in [6.07, 6.45) is 4.26. The highest BCUT2D eigenvalue weighted by Gasteiger charge is 2.19. The van der Waals surface area contributed by atoms with Gasteiger partial charge in [-0.2, -0.15) is 0 Å². The Morgan fingerprint density at radius 3 is 2.74 bits per heavy atom. The summed E-state index contributed by atoms with van der Waals surface area (Å²) in [4.78, 5) is 2.19. The van der Waals surface area contributed by atoms with Crippen LogP contribution in [-0.2, 0) is 0 Å². The summed E-state index contributed by atoms with van der Waals surface area (Å²) in [5.41, 5.74) is 2.99. The van der Waals surface area contributed by atoms with Gasteiger partial charge < -0.3 is 14.6 Å². The summed E-state index contributed by atoms with van der Waals surface area (Å²) < 4.78 is 6.04. The van der Waals surface area contributed by atoms with E-state index >= 15 is 0 Å². The number of nitrogens with one attached hydrogen (secondary N) is 1. The summed E-state index contributed by atoms with van der Waals surface area (Å²) in [6, 6.07) is 14.5. The minimum atomic E-state index is 0.249. The zero-order valence-electron chi connectivity index (χ0n) is 10.6. The van der Waals surface area contributed by atoms with Gasteiger partial charge in [0.05, 0.1) is 5.69 Å². The molecule has 2 heterocycles. The van der Waals surface area contributed by atoms with Crippen LogP contribution in [0.25, 0.3) is 21.9 Å². The fourth-order valence-corrected chi connectivity index (χ4v) is 2.70. The van der Waals surface area contributed by atoms with Crippen LogP contribution in [0.5, 0.6) is 0 Å². The summed E-state index contributed by atoms with van der Waals surface area (Å²) in [6.45, 7) is 2.13. The molecule has 19 heavy (non-hydrogen) atoms. The highest BCUT2D eigenvalue weighted by molar-refractivity contribution is 6.09. The number of fused-ring (bicyclic) bond motifs is 3. The second-order valence-corrected chi connectivity index (χ2v) is 4.82. The topological polar surface area (TPSA) is 28.4 Å². The molecule has 0 saturated heterocycles. The number of anilines is 1. The average Bonchev–Trinajstić information content (AvgIpc) is 3.02. The lowest BCUT2D eigenvalue weighted by Crippen LogP contribution is -2.31. The molecule has 0 aliphatic carbocycles. The van der Waals surface area contributed by atoms with Crippen LogP contribution in [-0.4, -0.2) is 6.17 Å². The third-order valence-corrected chi connectivity index (χ3v) is 3.65. The molecule has 0 saturated carbocycles. The Labute approximate surface area is 111 Å². The highest BCUT2D eigenvalue weighted by atomic mass is 16.3. The third kappa shape index (κ3) is 1.45. The first-order valence-corrected chi connectivity index (χ1v) is 6.46. The van der Waals surface area contributed by atoms with Gasteiger partial charge in [0.15, 0.2) is 5.58 Å². The molecule has 1 unspecified atom stereocenters. The first-order valence-electron chi connectivity index (χ1n) is 6.46. The van der Waals surface area contributed by atoms with Crippen LogP contribution in [0.3, 0.4) is 0 Å². The van der Waals surface area contributed by atoms with Gasteiger partial charge in [0.25, 0.3) is 0 Å². The first-order chi connectivity index (χ1) is 9.34. The van der Waals surface area contributed by atoms with E-state index in [9.17, 15) is 0 Å². The number of hydrogen-bond acceptors (Lipinski definition) is 3. The van der Waals surface area contributed by atoms with Crippen LogP contribution in [0, 0.1) is 0 Å². The van der Waals surface area contributed by atoms with E-state index in [4.69, 9.17) is 4.42 Å². The molecule has 3 aromatic rings. The van der Waals surface area contributed by atoms with E-state index < -0.39 is 0 Å². The van der Waals surface area contributed by atoms with E-state index in [2.05, 4.69) is 41.4 Å². The Kier molecular flexibility index (Phi) is 2.09. The van der Waals surface area contributed by atoms with Crippen LogP contribution in [0.2, 0.25) is 0 Å². The van der Waals surface area contributed by atoms with Gasteiger partial charge in [-0.25, -0.2) is 0 Å². The summed E-state index contributed by atoms with van der Waals surface area (Å²) >= 11 is 0. The Bertz CT molecular complexity index is 788. The van der Waals surface area contributed by atoms with Crippen molar-refractivity contribution < 1.29 is 4.42 Å². The van der Waals surface area contributed by atoms with E-state index in [0.29, 0.717) is 0 Å². The zero-order chi connectivity index (χ0) is 12.8. The monoisotopic (exact) mass is 250 g/mol. The van der Waals surface area contributed by atoms with Crippen molar-refractivity contribution in [3.05, 3.63) is 54.9 Å². The molecule has 1 aliphatic heterocycles. The van der Waals surface area contributed by atoms with Gasteiger partial charge in [-0.1, -0.05) is 30.3 Å². The van der Waals surface area contributed by atoms with Gasteiger partial charge in [0.1, 0.15) is 11.7 Å². The molecule has 0 amide bonds. The van der Waals surface area contributed by atoms with Crippen molar-refractivity contribution in [2.75, 3.05) is 4.90 Å². The van der Waals surface area contributed by atoms with Crippen molar-refractivity contribution in [3.63, 3.8) is 0 Å². The highest BCUT2D eigenvalue weighted by Crippen LogP contribution is 2.36. The smallest absolute Gasteiger partial charge is 0.159 e. The number of furan rings is 1. The quantitative estimate of drug-likeness (QED) is 0.711. The van der Waals surface area contributed by atoms with Gasteiger partial charge in [-0.3, -0.25) is 0 Å². The molecule has 94 valence electrons. The van der Waals surface area contributed by atoms with Crippen molar-refractivity contribution in [3.8, 4) is 0 Å². The molecule has 0 radical (unpaired) electrons. The number of hydrogen-bond donors (Lipinski definition) is 1. The predicted molar refractivity (Wildman–Crippen MR) is 77.9 cm³/mol. The Balaban J connectivity index is 2.04. The van der Waals surface area contributed by atoms with E-state index in [1.807, 2.05) is 30.6 Å². The van der Waals surface area contributed by atoms with E-state index in [1.54, 1.807) is 0 Å². The standard InChI is InChI=1S/C16H14N2O/c1-11-17-9-10-18(11)14-7-4-6-13-12-5-2-3-8-15(12)19-16(13)14/h2-11,17H,1H3. The molecular formula is C16H14N2O. The lowest BCUT2D eigenvalue weighted by atomic mass is 10.1. The molecule has 1 aliphatic rings. The molecule has 0 bridgehead atoms. The SMILES string of the molecule is CC1NC=CN1c1cccc2c1oc1ccccc12. The van der Waals surface area contributed by atoms with Crippen molar-refractivity contribution in [2.24, 2.45) is 0 Å². The number of para-hydroxylation sites is 2. The van der Waals surface area contributed by atoms with Crippen LogP contribution in [0.1, 0.15) is 6.92 Å². The minimum Gasteiger partial charge on any atom is -0.454 e. The minimum absolute atomic E-state index is 0.249. The van der Waals surface area contributed by atoms with Crippen molar-refractivity contribution in [1.29, 1.82) is 0 Å². The van der Waals surface area contributed by atoms with E-state index in [-0.39, 0.29) is 6.17 Å². The van der Waals surface area contributed by atoms with Gasteiger partial charge >= 0.3 is 0 Å². The normalized spacial score (nSPS) is 18.4. The largest absolute Gasteiger partial charge is 0.454 e. The molecule has 4 rings (SSSR count). The van der Waals surface area contributed by atoms with Gasteiger partial charge in [-0.15, -0.1) is 0 Å². The lowest BCUT2D eigenvalue weighted by molar-refractivity contribution is 0.652. The first kappa shape index (κ1) is 10.5. The maximum atomic E-state index is 6.04. The molecule has 3 heteroatoms. The van der Waals surface area contributed by atoms with E-state index in [0.717, 1.165) is 16.9 Å². The number of benzene rings is 2. The fraction of sp³-hybridized carbons (Fsp3) is 0.125. The molecule has 2 aromatic carbocycles. The van der Waals surface area contributed by atoms with Crippen LogP contribution >= 0.6 is 0 Å². The van der Waals surface area contributed by atoms with Crippen molar-refractivity contribution in [1.82, 2.24) is 5.32 Å². The van der Waals surface area contributed by atoms with Crippen molar-refractivity contribution >= 4 is 27.6 Å². The second-order valence-electron chi connectivity index (χ2n) is 4.82. The summed E-state index contributed by atoms with van der Waals surface area (Å²) in [5.74, 6) is 0. The predicted octanol–water partition coefficient (Wildman–Crippen LogP) is 3.81. The summed E-state index contributed by atoms with van der Waals surface area (Å²) in [5, 5.41) is 5.61. The summed E-state index contributed by atoms with van der Waals surface area (Å²) in [7, 11) is 0. The molecule has 1 atom stereocenters. The fourth-order valence-electron chi connectivity index (χ4n) is 2.70. The zero-order valence-corrected chi connectivity index (χ0v) is 10.6. The molecule has 3 nitrogen and oxygen atoms in total. The Morgan fingerprint density at radius 2 is 1.89 bits per heavy atom. The maximum Gasteiger partial charge on any atom is 0.159 e. The third-order valence-electron chi connectivity index (χ3n) is 3.65. The Morgan fingerprint density at radius 1 is 1.05 bits per heavy atom. The molecule has 0 spiro atoms. The van der Waals surface area contributed by atoms with Crippen LogP contribution in [0.4, 0.5) is 5.69 Å².